The number of carbonyl (C=O) groups excluding carboxylic acids is 2. The van der Waals surface area contributed by atoms with Crippen molar-refractivity contribution in [1.29, 1.82) is 0 Å². The number of amides is 1. The van der Waals surface area contributed by atoms with E-state index in [-0.39, 0.29) is 18.3 Å². The molecule has 0 aliphatic heterocycles. The molecule has 0 bridgehead atoms. The highest BCUT2D eigenvalue weighted by Gasteiger charge is 2.31. The molecular formula is C24H21NO3. The first-order valence-corrected chi connectivity index (χ1v) is 9.33. The number of carbonyl (C=O) groups is 2. The van der Waals surface area contributed by atoms with Gasteiger partial charge in [-0.1, -0.05) is 78.9 Å². The van der Waals surface area contributed by atoms with Gasteiger partial charge in [-0.3, -0.25) is 9.59 Å². The van der Waals surface area contributed by atoms with Crippen LogP contribution in [-0.4, -0.2) is 11.9 Å². The number of rotatable bonds is 5. The van der Waals surface area contributed by atoms with Crippen molar-refractivity contribution in [2.45, 2.75) is 25.5 Å². The van der Waals surface area contributed by atoms with Crippen molar-refractivity contribution in [2.75, 3.05) is 0 Å². The molecule has 0 saturated carbocycles. The summed E-state index contributed by atoms with van der Waals surface area (Å²) in [6.45, 7) is 1.45. The maximum atomic E-state index is 12.8. The minimum absolute atomic E-state index is 0.0738. The highest BCUT2D eigenvalue weighted by molar-refractivity contribution is 5.80. The van der Waals surface area contributed by atoms with E-state index in [1.165, 1.54) is 6.92 Å². The number of benzene rings is 3. The van der Waals surface area contributed by atoms with Crippen molar-refractivity contribution >= 4 is 11.9 Å². The first-order chi connectivity index (χ1) is 13.6. The lowest BCUT2D eigenvalue weighted by Gasteiger charge is -2.20. The maximum absolute atomic E-state index is 12.8. The van der Waals surface area contributed by atoms with Gasteiger partial charge in [-0.2, -0.15) is 0 Å². The van der Waals surface area contributed by atoms with Crippen LogP contribution in [0.1, 0.15) is 42.2 Å². The van der Waals surface area contributed by atoms with Crippen LogP contribution in [0.25, 0.3) is 11.1 Å². The number of esters is 1. The molecule has 1 amide bonds. The van der Waals surface area contributed by atoms with E-state index in [2.05, 4.69) is 5.32 Å². The van der Waals surface area contributed by atoms with E-state index in [4.69, 9.17) is 4.74 Å². The molecule has 0 aromatic heterocycles. The Labute approximate surface area is 164 Å². The molecular weight excluding hydrogens is 350 g/mol. The standard InChI is InChI=1S/C24H21NO3/c1-16(26)25-22(17-9-3-2-4-10-17)15-23(27)28-24-20-13-7-5-11-18(20)19-12-6-8-14-21(19)24/h2-14,22,24H,15H2,1H3,(H,25,26)/t22-/m1/s1. The van der Waals surface area contributed by atoms with Crippen LogP contribution in [0.4, 0.5) is 0 Å². The number of ether oxygens (including phenoxy) is 1. The molecule has 4 heteroatoms. The van der Waals surface area contributed by atoms with E-state index < -0.39 is 12.1 Å². The maximum Gasteiger partial charge on any atom is 0.309 e. The molecule has 4 rings (SSSR count). The van der Waals surface area contributed by atoms with Crippen LogP contribution in [0.3, 0.4) is 0 Å². The van der Waals surface area contributed by atoms with Crippen molar-refractivity contribution in [2.24, 2.45) is 0 Å². The first-order valence-electron chi connectivity index (χ1n) is 9.33. The van der Waals surface area contributed by atoms with Gasteiger partial charge in [0, 0.05) is 18.1 Å². The van der Waals surface area contributed by atoms with Crippen molar-refractivity contribution in [3.63, 3.8) is 0 Å². The summed E-state index contributed by atoms with van der Waals surface area (Å²) in [5.74, 6) is -0.530. The fraction of sp³-hybridized carbons (Fsp3) is 0.167. The van der Waals surface area contributed by atoms with Crippen molar-refractivity contribution in [3.05, 3.63) is 95.6 Å². The van der Waals surface area contributed by atoms with E-state index in [1.54, 1.807) is 0 Å². The minimum Gasteiger partial charge on any atom is -0.452 e. The molecule has 140 valence electrons. The summed E-state index contributed by atoms with van der Waals surface area (Å²) < 4.78 is 5.91. The van der Waals surface area contributed by atoms with E-state index in [9.17, 15) is 9.59 Å². The quantitative estimate of drug-likeness (QED) is 0.669. The molecule has 28 heavy (non-hydrogen) atoms. The molecule has 1 aliphatic rings. The summed E-state index contributed by atoms with van der Waals surface area (Å²) in [5.41, 5.74) is 5.05. The Morgan fingerprint density at radius 2 is 1.39 bits per heavy atom. The first kappa shape index (κ1) is 18.0. The highest BCUT2D eigenvalue weighted by Crippen LogP contribution is 2.45. The molecule has 0 radical (unpaired) electrons. The van der Waals surface area contributed by atoms with Gasteiger partial charge in [0.2, 0.25) is 5.91 Å². The van der Waals surface area contributed by atoms with Crippen molar-refractivity contribution in [1.82, 2.24) is 5.32 Å². The van der Waals surface area contributed by atoms with Crippen LogP contribution < -0.4 is 5.32 Å². The topological polar surface area (TPSA) is 55.4 Å². The lowest BCUT2D eigenvalue weighted by molar-refractivity contribution is -0.148. The van der Waals surface area contributed by atoms with Gasteiger partial charge in [0.05, 0.1) is 12.5 Å². The van der Waals surface area contributed by atoms with E-state index in [0.29, 0.717) is 0 Å². The van der Waals surface area contributed by atoms with Gasteiger partial charge in [-0.25, -0.2) is 0 Å². The molecule has 1 atom stereocenters. The highest BCUT2D eigenvalue weighted by atomic mass is 16.5. The third-order valence-electron chi connectivity index (χ3n) is 4.98. The van der Waals surface area contributed by atoms with E-state index >= 15 is 0 Å². The molecule has 3 aromatic rings. The molecule has 1 aliphatic carbocycles. The van der Waals surface area contributed by atoms with Crippen LogP contribution in [0.2, 0.25) is 0 Å². The summed E-state index contributed by atoms with van der Waals surface area (Å²) in [5, 5.41) is 2.85. The second-order valence-corrected chi connectivity index (χ2v) is 6.91. The van der Waals surface area contributed by atoms with Gasteiger partial charge < -0.3 is 10.1 Å². The van der Waals surface area contributed by atoms with Gasteiger partial charge in [0.1, 0.15) is 0 Å². The van der Waals surface area contributed by atoms with Crippen molar-refractivity contribution in [3.8, 4) is 11.1 Å². The predicted molar refractivity (Wildman–Crippen MR) is 107 cm³/mol. The molecule has 0 fully saturated rings. The van der Waals surface area contributed by atoms with Gasteiger partial charge >= 0.3 is 5.97 Å². The Morgan fingerprint density at radius 3 is 1.96 bits per heavy atom. The van der Waals surface area contributed by atoms with Gasteiger partial charge in [0.15, 0.2) is 6.10 Å². The summed E-state index contributed by atoms with van der Waals surface area (Å²) in [6, 6.07) is 25.0. The summed E-state index contributed by atoms with van der Waals surface area (Å²) in [7, 11) is 0. The molecule has 4 nitrogen and oxygen atoms in total. The molecule has 3 aromatic carbocycles. The largest absolute Gasteiger partial charge is 0.452 e. The Balaban J connectivity index is 1.57. The molecule has 0 unspecified atom stereocenters. The van der Waals surface area contributed by atoms with E-state index in [1.807, 2.05) is 78.9 Å². The Hall–Kier alpha value is -3.40. The normalized spacial score (nSPS) is 13.3. The molecule has 0 saturated heterocycles. The number of hydrogen-bond acceptors (Lipinski definition) is 3. The second-order valence-electron chi connectivity index (χ2n) is 6.91. The number of nitrogens with one attached hydrogen (secondary N) is 1. The van der Waals surface area contributed by atoms with Gasteiger partial charge in [-0.05, 0) is 16.7 Å². The zero-order valence-corrected chi connectivity index (χ0v) is 15.6. The lowest BCUT2D eigenvalue weighted by Crippen LogP contribution is -2.28. The number of fused-ring (bicyclic) bond motifs is 3. The minimum atomic E-state index is -0.423. The third-order valence-corrected chi connectivity index (χ3v) is 4.98. The SMILES string of the molecule is CC(=O)N[C@H](CC(=O)OC1c2ccccc2-c2ccccc21)c1ccccc1. The Morgan fingerprint density at radius 1 is 0.857 bits per heavy atom. The van der Waals surface area contributed by atoms with E-state index in [0.717, 1.165) is 27.8 Å². The van der Waals surface area contributed by atoms with Crippen LogP contribution in [0.5, 0.6) is 0 Å². The average molecular weight is 371 g/mol. The second kappa shape index (κ2) is 7.69. The molecule has 1 N–H and O–H groups in total. The Kier molecular flexibility index (Phi) is 4.94. The summed E-state index contributed by atoms with van der Waals surface area (Å²) in [4.78, 5) is 24.4. The van der Waals surface area contributed by atoms with Gasteiger partial charge in [0.25, 0.3) is 0 Å². The summed E-state index contributed by atoms with van der Waals surface area (Å²) in [6.07, 6.45) is -0.349. The van der Waals surface area contributed by atoms with Crippen LogP contribution in [0, 0.1) is 0 Å². The predicted octanol–water partition coefficient (Wildman–Crippen LogP) is 4.57. The zero-order chi connectivity index (χ0) is 19.5. The van der Waals surface area contributed by atoms with Crippen LogP contribution in [0.15, 0.2) is 78.9 Å². The smallest absolute Gasteiger partial charge is 0.309 e. The number of hydrogen-bond donors (Lipinski definition) is 1. The Bertz CT molecular complexity index is 968. The zero-order valence-electron chi connectivity index (χ0n) is 15.6. The fourth-order valence-electron chi connectivity index (χ4n) is 3.77. The monoisotopic (exact) mass is 371 g/mol. The van der Waals surface area contributed by atoms with Gasteiger partial charge in [-0.15, -0.1) is 0 Å². The van der Waals surface area contributed by atoms with Crippen LogP contribution >= 0.6 is 0 Å². The van der Waals surface area contributed by atoms with Crippen molar-refractivity contribution < 1.29 is 14.3 Å². The lowest BCUT2D eigenvalue weighted by atomic mass is 10.0. The molecule has 0 spiro atoms. The van der Waals surface area contributed by atoms with Crippen LogP contribution in [-0.2, 0) is 14.3 Å². The molecule has 0 heterocycles. The summed E-state index contributed by atoms with van der Waals surface area (Å²) >= 11 is 0. The average Bonchev–Trinajstić information content (AvgIpc) is 3.02. The third kappa shape index (κ3) is 3.54. The fourth-order valence-corrected chi connectivity index (χ4v) is 3.77.